The lowest BCUT2D eigenvalue weighted by molar-refractivity contribution is -0.167. The maximum Gasteiger partial charge on any atom is 0.0809 e. The molecule has 0 heterocycles. The molecule has 0 aliphatic heterocycles. The van der Waals surface area contributed by atoms with Gasteiger partial charge in [-0.1, -0.05) is 33.8 Å². The zero-order valence-electron chi connectivity index (χ0n) is 14.1. The fourth-order valence-electron chi connectivity index (χ4n) is 7.69. The molecule has 1 heteroatoms. The lowest BCUT2D eigenvalue weighted by Crippen LogP contribution is -2.58. The van der Waals surface area contributed by atoms with E-state index in [-0.39, 0.29) is 11.5 Å². The van der Waals surface area contributed by atoms with Gasteiger partial charge < -0.3 is 5.11 Å². The predicted molar refractivity (Wildman–Crippen MR) is 86.9 cm³/mol. The quantitative estimate of drug-likeness (QED) is 0.626. The summed E-state index contributed by atoms with van der Waals surface area (Å²) >= 11 is 0. The van der Waals surface area contributed by atoms with Gasteiger partial charge in [-0.25, -0.2) is 0 Å². The maximum atomic E-state index is 11.0. The van der Waals surface area contributed by atoms with Crippen LogP contribution in [0.15, 0.2) is 12.2 Å². The number of hydrogen-bond acceptors (Lipinski definition) is 1. The molecule has 2 bridgehead atoms. The Labute approximate surface area is 130 Å². The average Bonchev–Trinajstić information content (AvgIpc) is 2.59. The van der Waals surface area contributed by atoms with E-state index in [1.165, 1.54) is 56.9 Å². The minimum absolute atomic E-state index is 0.193. The second-order valence-corrected chi connectivity index (χ2v) is 9.68. The van der Waals surface area contributed by atoms with Crippen LogP contribution in [0.3, 0.4) is 0 Å². The Bertz CT molecular complexity index is 478. The van der Waals surface area contributed by atoms with Crippen molar-refractivity contribution < 1.29 is 5.11 Å². The summed E-state index contributed by atoms with van der Waals surface area (Å²) in [6.07, 6.45) is 10.4. The molecule has 0 aromatic heterocycles. The monoisotopic (exact) mass is 288 g/mol. The second-order valence-electron chi connectivity index (χ2n) is 9.68. The van der Waals surface area contributed by atoms with Crippen molar-refractivity contribution in [2.75, 3.05) is 0 Å². The highest BCUT2D eigenvalue weighted by Gasteiger charge is 2.65. The highest BCUT2D eigenvalue weighted by molar-refractivity contribution is 5.27. The zero-order valence-corrected chi connectivity index (χ0v) is 14.1. The summed E-state index contributed by atoms with van der Waals surface area (Å²) in [7, 11) is 0. The van der Waals surface area contributed by atoms with Crippen molar-refractivity contribution in [2.45, 2.75) is 78.2 Å². The second kappa shape index (κ2) is 4.16. The van der Waals surface area contributed by atoms with Crippen LogP contribution in [0, 0.1) is 34.0 Å². The molecule has 4 saturated carbocycles. The van der Waals surface area contributed by atoms with Crippen LogP contribution in [0.4, 0.5) is 0 Å². The van der Waals surface area contributed by atoms with Crippen LogP contribution in [0.5, 0.6) is 0 Å². The summed E-state index contributed by atoms with van der Waals surface area (Å²) in [5, 5.41) is 11.0. The maximum absolute atomic E-state index is 11.0. The summed E-state index contributed by atoms with van der Waals surface area (Å²) in [6, 6.07) is 0. The van der Waals surface area contributed by atoms with E-state index in [1.54, 1.807) is 0 Å². The first-order chi connectivity index (χ1) is 9.81. The number of aliphatic hydroxyl groups is 1. The summed E-state index contributed by atoms with van der Waals surface area (Å²) in [6.45, 7) is 11.9. The molecule has 118 valence electrons. The average molecular weight is 288 g/mol. The molecule has 4 fully saturated rings. The van der Waals surface area contributed by atoms with Crippen LogP contribution >= 0.6 is 0 Å². The first-order valence-electron chi connectivity index (χ1n) is 9.18. The molecule has 0 unspecified atom stereocenters. The molecular formula is C20H32O. The minimum atomic E-state index is -0.210. The standard InChI is InChI=1S/C20H32O/c1-13-14-6-7-16-19(4)10-5-9-18(2,3)15(19)8-11-20(16,12-14)17(13)21/h14-17,21H,1,5-12H2,2-4H3/t14-,15-,16+,17-,19-,20-/m0/s1. The minimum Gasteiger partial charge on any atom is -0.388 e. The first kappa shape index (κ1) is 14.3. The Morgan fingerprint density at radius 3 is 2.52 bits per heavy atom. The van der Waals surface area contributed by atoms with Gasteiger partial charge in [0.15, 0.2) is 0 Å². The molecule has 21 heavy (non-hydrogen) atoms. The highest BCUT2D eigenvalue weighted by atomic mass is 16.3. The Kier molecular flexibility index (Phi) is 2.83. The zero-order chi connectivity index (χ0) is 15.0. The van der Waals surface area contributed by atoms with E-state index in [4.69, 9.17) is 0 Å². The van der Waals surface area contributed by atoms with Gasteiger partial charge in [0.1, 0.15) is 0 Å². The molecule has 0 amide bonds. The van der Waals surface area contributed by atoms with E-state index in [9.17, 15) is 5.11 Å². The summed E-state index contributed by atoms with van der Waals surface area (Å²) in [4.78, 5) is 0. The fraction of sp³-hybridized carbons (Fsp3) is 0.900. The van der Waals surface area contributed by atoms with E-state index in [0.29, 0.717) is 16.7 Å². The lowest BCUT2D eigenvalue weighted by atomic mass is 9.41. The molecule has 4 aliphatic carbocycles. The van der Waals surface area contributed by atoms with E-state index in [2.05, 4.69) is 27.4 Å². The molecule has 0 saturated heterocycles. The Morgan fingerprint density at radius 2 is 1.76 bits per heavy atom. The van der Waals surface area contributed by atoms with Crippen molar-refractivity contribution in [3.63, 3.8) is 0 Å². The topological polar surface area (TPSA) is 20.2 Å². The van der Waals surface area contributed by atoms with Crippen molar-refractivity contribution in [2.24, 2.45) is 34.0 Å². The normalized spacial score (nSPS) is 55.0. The third-order valence-electron chi connectivity index (χ3n) is 8.51. The lowest BCUT2D eigenvalue weighted by Gasteiger charge is -2.64. The van der Waals surface area contributed by atoms with Gasteiger partial charge in [-0.05, 0) is 79.1 Å². The molecule has 6 atom stereocenters. The first-order valence-corrected chi connectivity index (χ1v) is 9.18. The van der Waals surface area contributed by atoms with Gasteiger partial charge in [0.25, 0.3) is 0 Å². The van der Waals surface area contributed by atoms with Crippen molar-refractivity contribution in [1.82, 2.24) is 0 Å². The molecule has 4 aliphatic rings. The van der Waals surface area contributed by atoms with Gasteiger partial charge >= 0.3 is 0 Å². The van der Waals surface area contributed by atoms with Crippen LogP contribution in [-0.2, 0) is 0 Å². The highest BCUT2D eigenvalue weighted by Crippen LogP contribution is 2.71. The number of fused-ring (bicyclic) bond motifs is 3. The number of aliphatic hydroxyl groups excluding tert-OH is 1. The van der Waals surface area contributed by atoms with Crippen molar-refractivity contribution >= 4 is 0 Å². The largest absolute Gasteiger partial charge is 0.388 e. The molecule has 0 aromatic carbocycles. The predicted octanol–water partition coefficient (Wildman–Crippen LogP) is 4.95. The van der Waals surface area contributed by atoms with Crippen molar-refractivity contribution in [3.8, 4) is 0 Å². The smallest absolute Gasteiger partial charge is 0.0809 e. The fourth-order valence-corrected chi connectivity index (χ4v) is 7.69. The van der Waals surface area contributed by atoms with Gasteiger partial charge in [0, 0.05) is 5.41 Å². The van der Waals surface area contributed by atoms with Gasteiger partial charge in [-0.3, -0.25) is 0 Å². The van der Waals surface area contributed by atoms with Crippen molar-refractivity contribution in [3.05, 3.63) is 12.2 Å². The van der Waals surface area contributed by atoms with Crippen LogP contribution in [0.1, 0.15) is 72.1 Å². The Morgan fingerprint density at radius 1 is 1.00 bits per heavy atom. The van der Waals surface area contributed by atoms with Crippen LogP contribution in [0.25, 0.3) is 0 Å². The van der Waals surface area contributed by atoms with E-state index in [0.717, 1.165) is 11.8 Å². The molecule has 1 nitrogen and oxygen atoms in total. The Hall–Kier alpha value is -0.300. The molecule has 4 rings (SSSR count). The molecule has 0 radical (unpaired) electrons. The molecule has 0 aromatic rings. The van der Waals surface area contributed by atoms with Gasteiger partial charge in [-0.15, -0.1) is 0 Å². The van der Waals surface area contributed by atoms with E-state index >= 15 is 0 Å². The third kappa shape index (κ3) is 1.62. The Balaban J connectivity index is 1.77. The third-order valence-corrected chi connectivity index (χ3v) is 8.51. The molecular weight excluding hydrogens is 256 g/mol. The molecule has 1 spiro atoms. The number of hydrogen-bond donors (Lipinski definition) is 1. The summed E-state index contributed by atoms with van der Waals surface area (Å²) in [5.74, 6) is 2.20. The van der Waals surface area contributed by atoms with Crippen LogP contribution in [0.2, 0.25) is 0 Å². The van der Waals surface area contributed by atoms with Gasteiger partial charge in [0.05, 0.1) is 6.10 Å². The van der Waals surface area contributed by atoms with Crippen LogP contribution < -0.4 is 0 Å². The van der Waals surface area contributed by atoms with Gasteiger partial charge in [0.2, 0.25) is 0 Å². The SMILES string of the molecule is C=C1[C@H]2CC[C@@H]3[C@@]4(C)CCCC(C)(C)[C@@H]4CC[C@@]3(C2)[C@H]1O. The number of rotatable bonds is 0. The van der Waals surface area contributed by atoms with E-state index in [1.807, 2.05) is 0 Å². The van der Waals surface area contributed by atoms with Crippen LogP contribution in [-0.4, -0.2) is 11.2 Å². The molecule has 1 N–H and O–H groups in total. The van der Waals surface area contributed by atoms with Crippen molar-refractivity contribution in [1.29, 1.82) is 0 Å². The summed E-state index contributed by atoms with van der Waals surface area (Å²) in [5.41, 5.74) is 2.32. The van der Waals surface area contributed by atoms with E-state index < -0.39 is 0 Å². The summed E-state index contributed by atoms with van der Waals surface area (Å²) < 4.78 is 0. The van der Waals surface area contributed by atoms with Gasteiger partial charge in [-0.2, -0.15) is 0 Å².